The molecule has 0 aromatic rings. The molecule has 0 aromatic carbocycles. The Balaban J connectivity index is 5.25. The highest BCUT2D eigenvalue weighted by Gasteiger charge is 2.30. The van der Waals surface area contributed by atoms with Gasteiger partial charge in [0.2, 0.25) is 0 Å². The molecule has 0 aliphatic rings. The number of aliphatic hydroxyl groups is 1. The molecule has 17 nitrogen and oxygen atoms in total. The van der Waals surface area contributed by atoms with Crippen molar-refractivity contribution < 1.29 is 80.2 Å². The quantitative estimate of drug-likeness (QED) is 0.0169. The van der Waals surface area contributed by atoms with Gasteiger partial charge in [-0.1, -0.05) is 341 Å². The molecule has 0 aliphatic carbocycles. The summed E-state index contributed by atoms with van der Waals surface area (Å²) < 4.78 is 68.6. The summed E-state index contributed by atoms with van der Waals surface area (Å²) >= 11 is 0. The second-order valence-corrected chi connectivity index (χ2v) is 31.2. The van der Waals surface area contributed by atoms with E-state index in [-0.39, 0.29) is 25.7 Å². The molecule has 0 radical (unpaired) electrons. The molecule has 98 heavy (non-hydrogen) atoms. The van der Waals surface area contributed by atoms with E-state index in [1.54, 1.807) is 0 Å². The average molecular weight is 1430 g/mol. The standard InChI is InChI=1S/C79H150O17P2/c1-6-9-12-15-18-21-24-27-30-31-32-33-36-39-42-45-48-55-60-64-78(83)95-74(68-89-76(81)62-57-52-46-43-40-37-34-28-25-22-19-16-13-10-7-2)70-93-97(85,86)91-66-73(80)67-92-98(87,88)94-71-75(69-90-77(82)63-58-53-50-49-51-56-61-72(4)5)96-79(84)65-59-54-47-44-41-38-35-29-26-23-20-17-14-11-8-3/h22,25,28,34,72-75,80H,6-21,23-24,26-27,29-33,35-71H2,1-5H3,(H,85,86)(H,87,88)/b25-22-,34-28-/t73-,74-,75-/m1/s1. The van der Waals surface area contributed by atoms with Gasteiger partial charge in [0.25, 0.3) is 0 Å². The van der Waals surface area contributed by atoms with E-state index in [1.165, 1.54) is 193 Å². The number of hydrogen-bond donors (Lipinski definition) is 3. The number of allylic oxidation sites excluding steroid dienone is 4. The van der Waals surface area contributed by atoms with E-state index in [0.29, 0.717) is 31.6 Å². The molecule has 2 unspecified atom stereocenters. The molecule has 0 saturated carbocycles. The van der Waals surface area contributed by atoms with Crippen molar-refractivity contribution in [3.63, 3.8) is 0 Å². The summed E-state index contributed by atoms with van der Waals surface area (Å²) in [6, 6.07) is 0. The Morgan fingerprint density at radius 1 is 0.316 bits per heavy atom. The molecule has 0 rings (SSSR count). The summed E-state index contributed by atoms with van der Waals surface area (Å²) in [6.07, 6.45) is 64.8. The molecule has 5 atom stereocenters. The van der Waals surface area contributed by atoms with Gasteiger partial charge in [-0.05, 0) is 57.3 Å². The highest BCUT2D eigenvalue weighted by Crippen LogP contribution is 2.45. The van der Waals surface area contributed by atoms with Crippen molar-refractivity contribution >= 4 is 39.5 Å². The van der Waals surface area contributed by atoms with E-state index < -0.39 is 97.5 Å². The minimum Gasteiger partial charge on any atom is -0.462 e. The van der Waals surface area contributed by atoms with Crippen molar-refractivity contribution in [2.45, 2.75) is 412 Å². The number of carbonyl (C=O) groups excluding carboxylic acids is 4. The number of unbranched alkanes of at least 4 members (excludes halogenated alkanes) is 46. The number of phosphoric ester groups is 2. The van der Waals surface area contributed by atoms with E-state index >= 15 is 0 Å². The lowest BCUT2D eigenvalue weighted by Gasteiger charge is -2.21. The van der Waals surface area contributed by atoms with Gasteiger partial charge in [-0.15, -0.1) is 0 Å². The third-order valence-electron chi connectivity index (χ3n) is 17.9. The van der Waals surface area contributed by atoms with Crippen LogP contribution in [0.2, 0.25) is 0 Å². The Morgan fingerprint density at radius 3 is 0.837 bits per heavy atom. The van der Waals surface area contributed by atoms with Crippen LogP contribution < -0.4 is 0 Å². The van der Waals surface area contributed by atoms with Crippen LogP contribution in [0, 0.1) is 5.92 Å². The average Bonchev–Trinajstić information content (AvgIpc) is 1.49. The molecule has 3 N–H and O–H groups in total. The molecule has 0 bridgehead atoms. The van der Waals surface area contributed by atoms with E-state index in [4.69, 9.17) is 37.0 Å². The minimum atomic E-state index is -4.97. The van der Waals surface area contributed by atoms with E-state index in [0.717, 1.165) is 116 Å². The zero-order valence-corrected chi connectivity index (χ0v) is 65.2. The Bertz CT molecular complexity index is 1970. The predicted octanol–water partition coefficient (Wildman–Crippen LogP) is 23.2. The first-order valence-corrected chi connectivity index (χ1v) is 43.4. The lowest BCUT2D eigenvalue weighted by Crippen LogP contribution is -2.30. The zero-order valence-electron chi connectivity index (χ0n) is 63.4. The summed E-state index contributed by atoms with van der Waals surface area (Å²) in [5.41, 5.74) is 0. The van der Waals surface area contributed by atoms with Crippen molar-refractivity contribution in [1.82, 2.24) is 0 Å². The fraction of sp³-hybridized carbons (Fsp3) is 0.899. The zero-order chi connectivity index (χ0) is 71.9. The van der Waals surface area contributed by atoms with Gasteiger partial charge in [0.15, 0.2) is 12.2 Å². The van der Waals surface area contributed by atoms with Gasteiger partial charge in [-0.25, -0.2) is 9.13 Å². The van der Waals surface area contributed by atoms with E-state index in [1.807, 2.05) is 0 Å². The lowest BCUT2D eigenvalue weighted by atomic mass is 10.0. The summed E-state index contributed by atoms with van der Waals surface area (Å²) in [5, 5.41) is 10.6. The Labute approximate surface area is 599 Å². The van der Waals surface area contributed by atoms with Crippen molar-refractivity contribution in [3.8, 4) is 0 Å². The molecule has 0 fully saturated rings. The maximum atomic E-state index is 13.1. The largest absolute Gasteiger partial charge is 0.472 e. The number of esters is 4. The third kappa shape index (κ3) is 71.9. The number of hydrogen-bond acceptors (Lipinski definition) is 15. The molecule has 0 spiro atoms. The monoisotopic (exact) mass is 1430 g/mol. The number of aliphatic hydroxyl groups excluding tert-OH is 1. The molecule has 0 heterocycles. The van der Waals surface area contributed by atoms with Gasteiger partial charge in [-0.2, -0.15) is 0 Å². The summed E-state index contributed by atoms with van der Waals surface area (Å²) in [6.45, 7) is 7.17. The van der Waals surface area contributed by atoms with Gasteiger partial charge in [0.1, 0.15) is 19.3 Å². The van der Waals surface area contributed by atoms with Crippen LogP contribution in [-0.4, -0.2) is 96.7 Å². The van der Waals surface area contributed by atoms with Gasteiger partial charge >= 0.3 is 39.5 Å². The van der Waals surface area contributed by atoms with Crippen LogP contribution in [0.1, 0.15) is 394 Å². The molecule has 578 valence electrons. The van der Waals surface area contributed by atoms with Crippen LogP contribution in [0.3, 0.4) is 0 Å². The van der Waals surface area contributed by atoms with Gasteiger partial charge in [0.05, 0.1) is 26.4 Å². The van der Waals surface area contributed by atoms with Crippen LogP contribution in [0.25, 0.3) is 0 Å². The lowest BCUT2D eigenvalue weighted by molar-refractivity contribution is -0.161. The summed E-state index contributed by atoms with van der Waals surface area (Å²) in [4.78, 5) is 72.9. The first-order chi connectivity index (χ1) is 47.5. The molecule has 0 aromatic heterocycles. The molecular weight excluding hydrogens is 1280 g/mol. The SMILES string of the molecule is CCCCCC/C=C\C=C/CCCCCCCC(=O)OC[C@H](COP(=O)(O)OC[C@@H](O)COP(=O)(O)OC[C@@H](COC(=O)CCCCCCCCC(C)C)OC(=O)CCCCCCCCCCCCCCCCC)OC(=O)CCCCCCCCCCCCCCCCCCCCC. The van der Waals surface area contributed by atoms with Crippen molar-refractivity contribution in [2.75, 3.05) is 39.6 Å². The number of rotatable bonds is 77. The number of carbonyl (C=O) groups is 4. The van der Waals surface area contributed by atoms with Crippen LogP contribution in [0.5, 0.6) is 0 Å². The number of ether oxygens (including phenoxy) is 4. The highest BCUT2D eigenvalue weighted by atomic mass is 31.2. The first kappa shape index (κ1) is 95.5. The van der Waals surface area contributed by atoms with Crippen molar-refractivity contribution in [1.29, 1.82) is 0 Å². The fourth-order valence-corrected chi connectivity index (χ4v) is 13.3. The van der Waals surface area contributed by atoms with Crippen LogP contribution in [-0.2, 0) is 65.4 Å². The normalized spacial score (nSPS) is 14.1. The second-order valence-electron chi connectivity index (χ2n) is 28.2. The topological polar surface area (TPSA) is 237 Å². The molecule has 0 amide bonds. The van der Waals surface area contributed by atoms with Gasteiger partial charge in [-0.3, -0.25) is 37.3 Å². The first-order valence-electron chi connectivity index (χ1n) is 40.5. The van der Waals surface area contributed by atoms with Crippen molar-refractivity contribution in [3.05, 3.63) is 24.3 Å². The fourth-order valence-electron chi connectivity index (χ4n) is 11.7. The van der Waals surface area contributed by atoms with Crippen LogP contribution in [0.4, 0.5) is 0 Å². The molecule has 19 heteroatoms. The van der Waals surface area contributed by atoms with Crippen LogP contribution in [0.15, 0.2) is 24.3 Å². The predicted molar refractivity (Wildman–Crippen MR) is 400 cm³/mol. The molecule has 0 saturated heterocycles. The minimum absolute atomic E-state index is 0.102. The van der Waals surface area contributed by atoms with Gasteiger partial charge < -0.3 is 33.8 Å². The van der Waals surface area contributed by atoms with Crippen molar-refractivity contribution in [2.24, 2.45) is 5.92 Å². The highest BCUT2D eigenvalue weighted by molar-refractivity contribution is 7.47. The maximum absolute atomic E-state index is 13.1. The maximum Gasteiger partial charge on any atom is 0.472 e. The summed E-state index contributed by atoms with van der Waals surface area (Å²) in [5.74, 6) is -1.46. The van der Waals surface area contributed by atoms with E-state index in [9.17, 15) is 43.2 Å². The van der Waals surface area contributed by atoms with E-state index in [2.05, 4.69) is 58.9 Å². The second kappa shape index (κ2) is 71.5. The third-order valence-corrected chi connectivity index (χ3v) is 19.8. The summed E-state index contributed by atoms with van der Waals surface area (Å²) in [7, 11) is -9.93. The smallest absolute Gasteiger partial charge is 0.462 e. The Hall–Kier alpha value is -2.46. The number of phosphoric acid groups is 2. The molecule has 0 aliphatic heterocycles. The van der Waals surface area contributed by atoms with Crippen LogP contribution >= 0.6 is 15.6 Å². The Kier molecular flexibility index (Phi) is 69.7. The molecular formula is C79H150O17P2. The van der Waals surface area contributed by atoms with Gasteiger partial charge in [0, 0.05) is 25.7 Å². The Morgan fingerprint density at radius 2 is 0.551 bits per heavy atom.